The minimum Gasteiger partial charge on any atom is -0.368 e. The van der Waals surface area contributed by atoms with Gasteiger partial charge in [-0.15, -0.1) is 0 Å². The number of para-hydroxylation sites is 1. The van der Waals surface area contributed by atoms with E-state index in [1.54, 1.807) is 35.0 Å². The van der Waals surface area contributed by atoms with Gasteiger partial charge in [-0.05, 0) is 17.7 Å². The van der Waals surface area contributed by atoms with Crippen molar-refractivity contribution in [2.45, 2.75) is 19.0 Å². The first-order valence-corrected chi connectivity index (χ1v) is 9.86. The first-order chi connectivity index (χ1) is 15.0. The summed E-state index contributed by atoms with van der Waals surface area (Å²) in [6.07, 6.45) is 0.274. The van der Waals surface area contributed by atoms with Crippen molar-refractivity contribution in [3.05, 3.63) is 102 Å². The number of amides is 2. The van der Waals surface area contributed by atoms with Crippen LogP contribution >= 0.6 is 0 Å². The van der Waals surface area contributed by atoms with Crippen molar-refractivity contribution >= 4 is 22.7 Å². The Labute approximate surface area is 178 Å². The van der Waals surface area contributed by atoms with Gasteiger partial charge in [0, 0.05) is 17.4 Å². The molecular weight excluding hydrogens is 395 g/mol. The van der Waals surface area contributed by atoms with Gasteiger partial charge in [0.25, 0.3) is 5.91 Å². The number of hydrogen-bond acceptors (Lipinski definition) is 3. The molecule has 4 aromatic rings. The number of primary amides is 1. The van der Waals surface area contributed by atoms with Crippen LogP contribution in [-0.2, 0) is 17.8 Å². The van der Waals surface area contributed by atoms with Crippen LogP contribution in [0.1, 0.15) is 21.6 Å². The van der Waals surface area contributed by atoms with Crippen molar-refractivity contribution in [2.75, 3.05) is 0 Å². The van der Waals surface area contributed by atoms with Crippen LogP contribution in [0.5, 0.6) is 0 Å². The van der Waals surface area contributed by atoms with Crippen molar-refractivity contribution in [2.24, 2.45) is 5.73 Å². The van der Waals surface area contributed by atoms with Crippen LogP contribution in [0, 0.1) is 5.82 Å². The quantitative estimate of drug-likeness (QED) is 0.485. The molecule has 31 heavy (non-hydrogen) atoms. The molecule has 156 valence electrons. The zero-order valence-corrected chi connectivity index (χ0v) is 16.7. The number of nitrogens with zero attached hydrogens (tertiary/aromatic N) is 2. The standard InChI is InChI=1S/C24H21FN4O2/c25-19-12-6-4-10-17(19)15-29-21-13-7-5-11-18(21)22(28-29)24(31)27-20(23(26)30)14-16-8-2-1-3-9-16/h1-13,20H,14-15H2,(H2,26,30)(H,27,31). The number of fused-ring (bicyclic) bond motifs is 1. The second kappa shape index (κ2) is 8.79. The third-order valence-electron chi connectivity index (χ3n) is 5.08. The summed E-state index contributed by atoms with van der Waals surface area (Å²) >= 11 is 0. The van der Waals surface area contributed by atoms with Gasteiger partial charge in [0.05, 0.1) is 12.1 Å². The Balaban J connectivity index is 1.63. The Morgan fingerprint density at radius 1 is 0.968 bits per heavy atom. The number of halogens is 1. The molecule has 1 atom stereocenters. The van der Waals surface area contributed by atoms with Gasteiger partial charge in [-0.3, -0.25) is 14.3 Å². The van der Waals surface area contributed by atoms with Crippen molar-refractivity contribution < 1.29 is 14.0 Å². The third kappa shape index (κ3) is 4.45. The molecule has 6 nitrogen and oxygen atoms in total. The summed E-state index contributed by atoms with van der Waals surface area (Å²) in [7, 11) is 0. The highest BCUT2D eigenvalue weighted by atomic mass is 19.1. The van der Waals surface area contributed by atoms with Gasteiger partial charge < -0.3 is 11.1 Å². The Hall–Kier alpha value is -4.00. The van der Waals surface area contributed by atoms with E-state index in [9.17, 15) is 14.0 Å². The lowest BCUT2D eigenvalue weighted by atomic mass is 10.1. The maximum atomic E-state index is 14.1. The van der Waals surface area contributed by atoms with Crippen LogP contribution in [0.15, 0.2) is 78.9 Å². The fraction of sp³-hybridized carbons (Fsp3) is 0.125. The molecule has 0 saturated carbocycles. The van der Waals surface area contributed by atoms with Crippen molar-refractivity contribution in [1.29, 1.82) is 0 Å². The molecule has 3 N–H and O–H groups in total. The molecule has 2 amide bonds. The maximum absolute atomic E-state index is 14.1. The summed E-state index contributed by atoms with van der Waals surface area (Å²) in [4.78, 5) is 25.0. The van der Waals surface area contributed by atoms with E-state index in [4.69, 9.17) is 5.73 Å². The van der Waals surface area contributed by atoms with Crippen molar-refractivity contribution in [3.63, 3.8) is 0 Å². The number of nitrogens with two attached hydrogens (primary N) is 1. The largest absolute Gasteiger partial charge is 0.368 e. The van der Waals surface area contributed by atoms with Gasteiger partial charge in [0.1, 0.15) is 11.9 Å². The summed E-state index contributed by atoms with van der Waals surface area (Å²) in [5.74, 6) is -1.49. The zero-order valence-electron chi connectivity index (χ0n) is 16.7. The van der Waals surface area contributed by atoms with Crippen LogP contribution in [-0.4, -0.2) is 27.6 Å². The average Bonchev–Trinajstić information content (AvgIpc) is 3.14. The monoisotopic (exact) mass is 416 g/mol. The molecule has 0 aliphatic rings. The lowest BCUT2D eigenvalue weighted by Crippen LogP contribution is -2.46. The molecule has 3 aromatic carbocycles. The summed E-state index contributed by atoms with van der Waals surface area (Å²) in [6.45, 7) is 0.170. The molecule has 0 spiro atoms. The van der Waals surface area contributed by atoms with Crippen molar-refractivity contribution in [1.82, 2.24) is 15.1 Å². The summed E-state index contributed by atoms with van der Waals surface area (Å²) in [5, 5.41) is 7.74. The van der Waals surface area contributed by atoms with Crippen LogP contribution in [0.4, 0.5) is 4.39 Å². The SMILES string of the molecule is NC(=O)C(Cc1ccccc1)NC(=O)c1nn(Cc2ccccc2F)c2ccccc12. The highest BCUT2D eigenvalue weighted by Gasteiger charge is 2.23. The molecule has 4 rings (SSSR count). The van der Waals surface area contributed by atoms with Gasteiger partial charge in [0.15, 0.2) is 5.69 Å². The smallest absolute Gasteiger partial charge is 0.273 e. The minimum absolute atomic E-state index is 0.159. The first-order valence-electron chi connectivity index (χ1n) is 9.86. The fourth-order valence-corrected chi connectivity index (χ4v) is 3.50. The predicted molar refractivity (Wildman–Crippen MR) is 116 cm³/mol. The molecule has 7 heteroatoms. The second-order valence-corrected chi connectivity index (χ2v) is 7.23. The molecule has 0 aliphatic carbocycles. The van der Waals surface area contributed by atoms with Gasteiger partial charge in [-0.1, -0.05) is 66.7 Å². The number of carbonyl (C=O) groups excluding carboxylic acids is 2. The highest BCUT2D eigenvalue weighted by Crippen LogP contribution is 2.20. The van der Waals surface area contributed by atoms with E-state index < -0.39 is 17.9 Å². The molecule has 0 fully saturated rings. The molecular formula is C24H21FN4O2. The molecule has 0 radical (unpaired) electrons. The maximum Gasteiger partial charge on any atom is 0.273 e. The number of hydrogen-bond donors (Lipinski definition) is 2. The van der Waals surface area contributed by atoms with Gasteiger partial charge >= 0.3 is 0 Å². The molecule has 0 aliphatic heterocycles. The first kappa shape index (κ1) is 20.3. The number of carbonyl (C=O) groups is 2. The lowest BCUT2D eigenvalue weighted by molar-refractivity contribution is -0.119. The van der Waals surface area contributed by atoms with Gasteiger partial charge in [-0.2, -0.15) is 5.10 Å². The third-order valence-corrected chi connectivity index (χ3v) is 5.08. The normalized spacial score (nSPS) is 11.9. The average molecular weight is 416 g/mol. The number of nitrogens with one attached hydrogen (secondary N) is 1. The van der Waals surface area contributed by atoms with E-state index in [-0.39, 0.29) is 24.5 Å². The number of aromatic nitrogens is 2. The zero-order chi connectivity index (χ0) is 21.8. The molecule has 0 bridgehead atoms. The lowest BCUT2D eigenvalue weighted by Gasteiger charge is -2.15. The molecule has 1 aromatic heterocycles. The Kier molecular flexibility index (Phi) is 5.75. The molecule has 0 saturated heterocycles. The Morgan fingerprint density at radius 3 is 2.39 bits per heavy atom. The van der Waals surface area contributed by atoms with Gasteiger partial charge in [-0.25, -0.2) is 4.39 Å². The highest BCUT2D eigenvalue weighted by molar-refractivity contribution is 6.06. The summed E-state index contributed by atoms with van der Waals surface area (Å²) < 4.78 is 15.7. The summed E-state index contributed by atoms with van der Waals surface area (Å²) in [6, 6.07) is 22.1. The van der Waals surface area contributed by atoms with Crippen molar-refractivity contribution in [3.8, 4) is 0 Å². The fourth-order valence-electron chi connectivity index (χ4n) is 3.50. The van der Waals surface area contributed by atoms with E-state index in [0.29, 0.717) is 16.5 Å². The number of rotatable bonds is 7. The van der Waals surface area contributed by atoms with E-state index in [2.05, 4.69) is 10.4 Å². The molecule has 1 heterocycles. The Morgan fingerprint density at radius 2 is 1.65 bits per heavy atom. The van der Waals surface area contributed by atoms with E-state index >= 15 is 0 Å². The van der Waals surface area contributed by atoms with E-state index in [1.165, 1.54) is 6.07 Å². The van der Waals surface area contributed by atoms with Gasteiger partial charge in [0.2, 0.25) is 5.91 Å². The van der Waals surface area contributed by atoms with Crippen LogP contribution in [0.2, 0.25) is 0 Å². The van der Waals surface area contributed by atoms with Crippen LogP contribution < -0.4 is 11.1 Å². The van der Waals surface area contributed by atoms with E-state index in [0.717, 1.165) is 5.56 Å². The second-order valence-electron chi connectivity index (χ2n) is 7.23. The minimum atomic E-state index is -0.884. The number of benzene rings is 3. The Bertz CT molecular complexity index is 1240. The van der Waals surface area contributed by atoms with Crippen LogP contribution in [0.25, 0.3) is 10.9 Å². The van der Waals surface area contributed by atoms with Crippen LogP contribution in [0.3, 0.4) is 0 Å². The molecule has 1 unspecified atom stereocenters. The van der Waals surface area contributed by atoms with E-state index in [1.807, 2.05) is 42.5 Å². The predicted octanol–water partition coefficient (Wildman–Crippen LogP) is 3.05. The summed E-state index contributed by atoms with van der Waals surface area (Å²) in [5.41, 5.74) is 7.71. The topological polar surface area (TPSA) is 90.0 Å².